The van der Waals surface area contributed by atoms with Crippen LogP contribution in [0.2, 0.25) is 0 Å². The first-order chi connectivity index (χ1) is 10.7. The molecule has 0 radical (unpaired) electrons. The first-order valence-corrected chi connectivity index (χ1v) is 8.26. The van der Waals surface area contributed by atoms with Gasteiger partial charge in [0, 0.05) is 21.5 Å². The van der Waals surface area contributed by atoms with Gasteiger partial charge >= 0.3 is 0 Å². The summed E-state index contributed by atoms with van der Waals surface area (Å²) in [5.74, 6) is 1.64. The minimum Gasteiger partial charge on any atom is -0.367 e. The molecule has 1 heterocycles. The van der Waals surface area contributed by atoms with Gasteiger partial charge in [0.2, 0.25) is 0 Å². The highest BCUT2D eigenvalue weighted by Gasteiger charge is 2.11. The molecule has 3 nitrogen and oxygen atoms in total. The van der Waals surface area contributed by atoms with Crippen LogP contribution in [0.3, 0.4) is 0 Å². The van der Waals surface area contributed by atoms with Crippen LogP contribution in [0.5, 0.6) is 0 Å². The summed E-state index contributed by atoms with van der Waals surface area (Å²) in [6.07, 6.45) is 1.05. The predicted octanol–water partition coefficient (Wildman–Crippen LogP) is 5.27. The molecule has 3 aromatic rings. The molecule has 112 valence electrons. The summed E-state index contributed by atoms with van der Waals surface area (Å²) >= 11 is 3.51. The molecule has 1 atom stereocenters. The van der Waals surface area contributed by atoms with Crippen LogP contribution in [-0.2, 0) is 0 Å². The number of hydrogen-bond acceptors (Lipinski definition) is 3. The van der Waals surface area contributed by atoms with Gasteiger partial charge in [0.1, 0.15) is 5.82 Å². The van der Waals surface area contributed by atoms with Gasteiger partial charge in [0.25, 0.3) is 0 Å². The lowest BCUT2D eigenvalue weighted by Crippen LogP contribution is -2.15. The molecule has 4 heteroatoms. The Hall–Kier alpha value is -1.94. The molecule has 0 aliphatic heterocycles. The number of para-hydroxylation sites is 1. The third kappa shape index (κ3) is 3.12. The van der Waals surface area contributed by atoms with Crippen molar-refractivity contribution in [2.75, 3.05) is 5.32 Å². The first-order valence-electron chi connectivity index (χ1n) is 7.46. The second kappa shape index (κ2) is 6.44. The van der Waals surface area contributed by atoms with Gasteiger partial charge in [-0.15, -0.1) is 0 Å². The van der Waals surface area contributed by atoms with Crippen LogP contribution < -0.4 is 5.32 Å². The number of hydrogen-bond donors (Lipinski definition) is 1. The van der Waals surface area contributed by atoms with E-state index in [2.05, 4.69) is 41.2 Å². The Kier molecular flexibility index (Phi) is 4.39. The molecule has 2 aromatic carbocycles. The van der Waals surface area contributed by atoms with E-state index in [0.29, 0.717) is 6.04 Å². The van der Waals surface area contributed by atoms with Crippen LogP contribution >= 0.6 is 15.9 Å². The monoisotopic (exact) mass is 355 g/mol. The second-order valence-electron chi connectivity index (χ2n) is 5.38. The highest BCUT2D eigenvalue weighted by molar-refractivity contribution is 9.10. The molecule has 0 aliphatic carbocycles. The second-order valence-corrected chi connectivity index (χ2v) is 6.29. The van der Waals surface area contributed by atoms with Crippen LogP contribution in [0, 0.1) is 0 Å². The summed E-state index contributed by atoms with van der Waals surface area (Å²) in [6.45, 7) is 4.33. The molecule has 3 rings (SSSR count). The van der Waals surface area contributed by atoms with Gasteiger partial charge in [-0.25, -0.2) is 9.97 Å². The van der Waals surface area contributed by atoms with Crippen LogP contribution in [-0.4, -0.2) is 16.0 Å². The molecule has 0 saturated heterocycles. The number of rotatable bonds is 4. The van der Waals surface area contributed by atoms with Gasteiger partial charge in [0.15, 0.2) is 5.82 Å². The van der Waals surface area contributed by atoms with E-state index < -0.39 is 0 Å². The minimum atomic E-state index is 0.369. The quantitative estimate of drug-likeness (QED) is 0.692. The van der Waals surface area contributed by atoms with Crippen LogP contribution in [0.1, 0.15) is 20.3 Å². The van der Waals surface area contributed by atoms with Crippen molar-refractivity contribution in [2.24, 2.45) is 0 Å². The normalized spacial score (nSPS) is 12.3. The molecule has 0 amide bonds. The Balaban J connectivity index is 2.16. The molecular formula is C18H18BrN3. The van der Waals surface area contributed by atoms with E-state index in [-0.39, 0.29) is 0 Å². The lowest BCUT2D eigenvalue weighted by molar-refractivity contribution is 0.760. The fourth-order valence-electron chi connectivity index (χ4n) is 2.28. The van der Waals surface area contributed by atoms with Gasteiger partial charge in [0.05, 0.1) is 5.52 Å². The summed E-state index contributed by atoms with van der Waals surface area (Å²) in [4.78, 5) is 9.47. The van der Waals surface area contributed by atoms with E-state index in [9.17, 15) is 0 Å². The SMILES string of the molecule is CC[C@@H](C)Nc1nc(-c2cccc(Br)c2)nc2ccccc12. The van der Waals surface area contributed by atoms with Crippen molar-refractivity contribution in [3.8, 4) is 11.4 Å². The summed E-state index contributed by atoms with van der Waals surface area (Å²) < 4.78 is 1.03. The Bertz CT molecular complexity index is 801. The van der Waals surface area contributed by atoms with Crippen LogP contribution in [0.25, 0.3) is 22.3 Å². The molecule has 22 heavy (non-hydrogen) atoms. The molecular weight excluding hydrogens is 338 g/mol. The Morgan fingerprint density at radius 2 is 1.91 bits per heavy atom. The number of nitrogens with zero attached hydrogens (tertiary/aromatic N) is 2. The number of nitrogens with one attached hydrogen (secondary N) is 1. The zero-order valence-electron chi connectivity index (χ0n) is 12.7. The van der Waals surface area contributed by atoms with E-state index in [4.69, 9.17) is 9.97 Å². The molecule has 0 aliphatic rings. The third-order valence-corrected chi connectivity index (χ3v) is 4.17. The van der Waals surface area contributed by atoms with Crippen molar-refractivity contribution < 1.29 is 0 Å². The summed E-state index contributed by atoms with van der Waals surface area (Å²) in [7, 11) is 0. The minimum absolute atomic E-state index is 0.369. The number of aromatic nitrogens is 2. The Labute approximate surface area is 138 Å². The fraction of sp³-hybridized carbons (Fsp3) is 0.222. The number of halogens is 1. The summed E-state index contributed by atoms with van der Waals surface area (Å²) in [5.41, 5.74) is 1.96. The zero-order valence-corrected chi connectivity index (χ0v) is 14.3. The topological polar surface area (TPSA) is 37.8 Å². The number of anilines is 1. The van der Waals surface area contributed by atoms with Gasteiger partial charge in [-0.3, -0.25) is 0 Å². The van der Waals surface area contributed by atoms with Crippen molar-refractivity contribution in [1.82, 2.24) is 9.97 Å². The van der Waals surface area contributed by atoms with E-state index >= 15 is 0 Å². The van der Waals surface area contributed by atoms with Crippen LogP contribution in [0.15, 0.2) is 53.0 Å². The van der Waals surface area contributed by atoms with Gasteiger partial charge < -0.3 is 5.32 Å². The Morgan fingerprint density at radius 1 is 1.09 bits per heavy atom. The maximum atomic E-state index is 4.76. The Morgan fingerprint density at radius 3 is 2.68 bits per heavy atom. The van der Waals surface area contributed by atoms with Crippen molar-refractivity contribution >= 4 is 32.7 Å². The van der Waals surface area contributed by atoms with Gasteiger partial charge in [-0.2, -0.15) is 0 Å². The zero-order chi connectivity index (χ0) is 15.5. The molecule has 0 bridgehead atoms. The van der Waals surface area contributed by atoms with Crippen molar-refractivity contribution in [1.29, 1.82) is 0 Å². The maximum absolute atomic E-state index is 4.76. The smallest absolute Gasteiger partial charge is 0.162 e. The largest absolute Gasteiger partial charge is 0.367 e. The standard InChI is InChI=1S/C18H18BrN3/c1-3-12(2)20-18-15-9-4-5-10-16(15)21-17(22-18)13-7-6-8-14(19)11-13/h4-12H,3H2,1-2H3,(H,20,21,22)/t12-/m1/s1. The molecule has 1 aromatic heterocycles. The first kappa shape index (κ1) is 15.0. The molecule has 0 fully saturated rings. The molecule has 0 spiro atoms. The predicted molar refractivity (Wildman–Crippen MR) is 96.0 cm³/mol. The maximum Gasteiger partial charge on any atom is 0.162 e. The highest BCUT2D eigenvalue weighted by Crippen LogP contribution is 2.26. The van der Waals surface area contributed by atoms with Gasteiger partial charge in [-0.1, -0.05) is 47.1 Å². The lowest BCUT2D eigenvalue weighted by Gasteiger charge is -2.15. The average molecular weight is 356 g/mol. The third-order valence-electron chi connectivity index (χ3n) is 3.68. The number of benzene rings is 2. The van der Waals surface area contributed by atoms with Crippen molar-refractivity contribution in [2.45, 2.75) is 26.3 Å². The molecule has 1 N–H and O–H groups in total. The summed E-state index contributed by atoms with van der Waals surface area (Å²) in [5, 5.41) is 4.55. The van der Waals surface area contributed by atoms with Gasteiger partial charge in [-0.05, 0) is 37.6 Å². The molecule has 0 saturated carbocycles. The highest BCUT2D eigenvalue weighted by atomic mass is 79.9. The number of fused-ring (bicyclic) bond motifs is 1. The van der Waals surface area contributed by atoms with E-state index in [1.807, 2.05) is 42.5 Å². The van der Waals surface area contributed by atoms with Crippen molar-refractivity contribution in [3.63, 3.8) is 0 Å². The van der Waals surface area contributed by atoms with Crippen LogP contribution in [0.4, 0.5) is 5.82 Å². The van der Waals surface area contributed by atoms with E-state index in [1.54, 1.807) is 0 Å². The average Bonchev–Trinajstić information content (AvgIpc) is 2.54. The van der Waals surface area contributed by atoms with Crippen molar-refractivity contribution in [3.05, 3.63) is 53.0 Å². The fourth-order valence-corrected chi connectivity index (χ4v) is 2.68. The molecule has 0 unspecified atom stereocenters. The summed E-state index contributed by atoms with van der Waals surface area (Å²) in [6, 6.07) is 16.6. The van der Waals surface area contributed by atoms with E-state index in [0.717, 1.165) is 39.0 Å². The van der Waals surface area contributed by atoms with E-state index in [1.165, 1.54) is 0 Å². The lowest BCUT2D eigenvalue weighted by atomic mass is 10.1.